The molecule has 1 saturated heterocycles. The first-order valence-corrected chi connectivity index (χ1v) is 13.6. The number of ether oxygens (including phenoxy) is 2. The number of aliphatic hydroxyl groups is 1. The Morgan fingerprint density at radius 1 is 1.27 bits per heavy atom. The summed E-state index contributed by atoms with van der Waals surface area (Å²) >= 11 is 0. The van der Waals surface area contributed by atoms with Gasteiger partial charge in [0.25, 0.3) is 0 Å². The summed E-state index contributed by atoms with van der Waals surface area (Å²) in [6.45, 7) is 5.30. The van der Waals surface area contributed by atoms with Crippen LogP contribution in [0.5, 0.6) is 5.75 Å². The highest BCUT2D eigenvalue weighted by molar-refractivity contribution is 5.68. The number of aryl methyl sites for hydroxylation is 1. The van der Waals surface area contributed by atoms with Gasteiger partial charge >= 0.3 is 12.1 Å². The maximum absolute atomic E-state index is 12.9. The molecule has 200 valence electrons. The van der Waals surface area contributed by atoms with E-state index in [1.54, 1.807) is 11.8 Å². The second kappa shape index (κ2) is 12.5. The molecule has 37 heavy (non-hydrogen) atoms. The van der Waals surface area contributed by atoms with Gasteiger partial charge in [0.2, 0.25) is 0 Å². The van der Waals surface area contributed by atoms with Crippen molar-refractivity contribution >= 4 is 12.1 Å². The topological polar surface area (TPSA) is 96.3 Å². The van der Waals surface area contributed by atoms with Gasteiger partial charge in [0.05, 0.1) is 6.10 Å². The first-order valence-electron chi connectivity index (χ1n) is 13.6. The van der Waals surface area contributed by atoms with Gasteiger partial charge in [0, 0.05) is 55.7 Å². The Labute approximate surface area is 219 Å². The number of para-hydroxylation sites is 1. The van der Waals surface area contributed by atoms with E-state index in [0.29, 0.717) is 25.7 Å². The molecule has 2 N–H and O–H groups in total. The van der Waals surface area contributed by atoms with Gasteiger partial charge in [-0.25, -0.2) is 4.79 Å². The number of carbonyl (C=O) groups is 2. The number of aliphatic carboxylic acids is 1. The van der Waals surface area contributed by atoms with E-state index < -0.39 is 18.2 Å². The molecule has 0 aromatic heterocycles. The van der Waals surface area contributed by atoms with Crippen LogP contribution in [0.4, 0.5) is 4.79 Å². The summed E-state index contributed by atoms with van der Waals surface area (Å²) in [5, 5.41) is 19.9. The largest absolute Gasteiger partial charge is 0.489 e. The normalized spacial score (nSPS) is 26.0. The van der Waals surface area contributed by atoms with Gasteiger partial charge in [-0.05, 0) is 50.7 Å². The number of benzene rings is 1. The van der Waals surface area contributed by atoms with Crippen molar-refractivity contribution in [3.8, 4) is 17.6 Å². The van der Waals surface area contributed by atoms with Crippen molar-refractivity contribution in [2.24, 2.45) is 11.8 Å². The van der Waals surface area contributed by atoms with Crippen molar-refractivity contribution in [3.63, 3.8) is 0 Å². The Hall–Kier alpha value is -2.98. The van der Waals surface area contributed by atoms with E-state index in [4.69, 9.17) is 14.6 Å². The van der Waals surface area contributed by atoms with Crippen molar-refractivity contribution in [2.45, 2.75) is 89.4 Å². The fourth-order valence-electron chi connectivity index (χ4n) is 5.82. The van der Waals surface area contributed by atoms with E-state index in [0.717, 1.165) is 49.2 Å². The summed E-state index contributed by atoms with van der Waals surface area (Å²) in [5.74, 6) is 5.93. The van der Waals surface area contributed by atoms with Crippen LogP contribution in [0.25, 0.3) is 0 Å². The molecule has 0 bridgehead atoms. The second-order valence-electron chi connectivity index (χ2n) is 10.5. The third-order valence-electron chi connectivity index (χ3n) is 7.86. The number of nitrogens with zero attached hydrogens (tertiary/aromatic N) is 1. The average molecular weight is 510 g/mol. The van der Waals surface area contributed by atoms with Gasteiger partial charge < -0.3 is 24.6 Å². The number of aliphatic hydroxyl groups excluding tert-OH is 1. The van der Waals surface area contributed by atoms with E-state index in [-0.39, 0.29) is 36.4 Å². The predicted molar refractivity (Wildman–Crippen MR) is 140 cm³/mol. The molecule has 0 spiro atoms. The van der Waals surface area contributed by atoms with Crippen LogP contribution in [0.2, 0.25) is 0 Å². The number of rotatable bonds is 9. The van der Waals surface area contributed by atoms with Crippen LogP contribution < -0.4 is 4.74 Å². The Morgan fingerprint density at radius 3 is 2.78 bits per heavy atom. The van der Waals surface area contributed by atoms with E-state index in [2.05, 4.69) is 11.8 Å². The van der Waals surface area contributed by atoms with Crippen LogP contribution in [-0.2, 0) is 16.0 Å². The molecule has 0 radical (unpaired) electrons. The quantitative estimate of drug-likeness (QED) is 0.363. The van der Waals surface area contributed by atoms with Crippen molar-refractivity contribution in [1.82, 2.24) is 4.90 Å². The lowest BCUT2D eigenvalue weighted by atomic mass is 9.86. The summed E-state index contributed by atoms with van der Waals surface area (Å²) in [4.78, 5) is 25.6. The Kier molecular flexibility index (Phi) is 9.15. The van der Waals surface area contributed by atoms with Gasteiger partial charge in [-0.1, -0.05) is 31.2 Å². The van der Waals surface area contributed by atoms with Gasteiger partial charge in [-0.15, -0.1) is 11.8 Å². The molecule has 4 unspecified atom stereocenters. The van der Waals surface area contributed by atoms with Crippen molar-refractivity contribution in [3.05, 3.63) is 41.5 Å². The zero-order valence-corrected chi connectivity index (χ0v) is 21.9. The van der Waals surface area contributed by atoms with Crippen LogP contribution in [0.1, 0.15) is 75.8 Å². The number of fused-ring (bicyclic) bond motifs is 3. The third kappa shape index (κ3) is 6.48. The molecule has 3 aliphatic rings. The van der Waals surface area contributed by atoms with E-state index in [9.17, 15) is 14.7 Å². The first kappa shape index (κ1) is 27.1. The first-order chi connectivity index (χ1) is 17.9. The number of likely N-dealkylation sites (tertiary alicyclic amines) is 1. The molecule has 1 aromatic rings. The molecule has 1 aromatic carbocycles. The van der Waals surface area contributed by atoms with E-state index in [1.807, 2.05) is 37.3 Å². The second-order valence-corrected chi connectivity index (χ2v) is 10.5. The fraction of sp³-hybridized carbons (Fsp3) is 0.600. The van der Waals surface area contributed by atoms with Gasteiger partial charge in [0.15, 0.2) is 0 Å². The zero-order valence-electron chi connectivity index (χ0n) is 21.9. The lowest BCUT2D eigenvalue weighted by Gasteiger charge is -2.29. The highest BCUT2D eigenvalue weighted by atomic mass is 16.6. The predicted octanol–water partition coefficient (Wildman–Crippen LogP) is 4.92. The summed E-state index contributed by atoms with van der Waals surface area (Å²) in [6.07, 6.45) is 8.15. The van der Waals surface area contributed by atoms with Crippen molar-refractivity contribution in [2.75, 3.05) is 13.1 Å². The van der Waals surface area contributed by atoms with Crippen molar-refractivity contribution < 1.29 is 29.3 Å². The minimum atomic E-state index is -0.798. The standard InChI is InChI=1S/C30H39NO6/c1-3-4-10-20(2)25(37-30(35)31-17-6-5-7-18-31)16-15-22-24(32)19-26-28(22)23-13-8-11-21(29(23)36-26)12-9-14-27(33)34/h8,11,13,15-16,20,22,24-26,28,32H,5-7,9-10,12,14,17-19H2,1-2H3,(H,33,34)/b16-15+/t20-,22?,24+,25?,26?,28?/m0/s1. The summed E-state index contributed by atoms with van der Waals surface area (Å²) in [6, 6.07) is 6.03. The number of carboxylic acid groups (broad SMARTS) is 1. The highest BCUT2D eigenvalue weighted by Crippen LogP contribution is 2.52. The van der Waals surface area contributed by atoms with Gasteiger partial charge in [-0.3, -0.25) is 4.79 Å². The number of amides is 1. The molecular formula is C30H39NO6. The molecule has 2 fully saturated rings. The molecule has 2 aliphatic heterocycles. The van der Waals surface area contributed by atoms with Crippen LogP contribution in [0, 0.1) is 23.7 Å². The summed E-state index contributed by atoms with van der Waals surface area (Å²) < 4.78 is 12.3. The molecule has 1 aliphatic carbocycles. The van der Waals surface area contributed by atoms with Crippen LogP contribution >= 0.6 is 0 Å². The molecule has 6 atom stereocenters. The number of hydrogen-bond donors (Lipinski definition) is 2. The molecule has 1 amide bonds. The Balaban J connectivity index is 1.51. The zero-order chi connectivity index (χ0) is 26.4. The van der Waals surface area contributed by atoms with Crippen LogP contribution in [0.15, 0.2) is 30.4 Å². The highest BCUT2D eigenvalue weighted by Gasteiger charge is 2.49. The summed E-state index contributed by atoms with van der Waals surface area (Å²) in [5.41, 5.74) is 2.08. The average Bonchev–Trinajstić information content (AvgIpc) is 3.40. The molecule has 7 heteroatoms. The number of piperidine rings is 1. The fourth-order valence-corrected chi connectivity index (χ4v) is 5.82. The molecule has 1 saturated carbocycles. The minimum Gasteiger partial charge on any atom is -0.489 e. The lowest BCUT2D eigenvalue weighted by Crippen LogP contribution is -2.39. The maximum Gasteiger partial charge on any atom is 0.410 e. The smallest absolute Gasteiger partial charge is 0.410 e. The van der Waals surface area contributed by atoms with Crippen molar-refractivity contribution in [1.29, 1.82) is 0 Å². The van der Waals surface area contributed by atoms with E-state index >= 15 is 0 Å². The Bertz CT molecular complexity index is 1050. The number of carboxylic acids is 1. The molecule has 7 nitrogen and oxygen atoms in total. The Morgan fingerprint density at radius 2 is 2.05 bits per heavy atom. The molecule has 2 heterocycles. The molecular weight excluding hydrogens is 470 g/mol. The van der Waals surface area contributed by atoms with E-state index in [1.165, 1.54) is 0 Å². The van der Waals surface area contributed by atoms with Crippen LogP contribution in [-0.4, -0.2) is 58.6 Å². The van der Waals surface area contributed by atoms with Crippen LogP contribution in [0.3, 0.4) is 0 Å². The third-order valence-corrected chi connectivity index (χ3v) is 7.86. The number of carbonyl (C=O) groups excluding carboxylic acids is 1. The summed E-state index contributed by atoms with van der Waals surface area (Å²) in [7, 11) is 0. The van der Waals surface area contributed by atoms with Gasteiger partial charge in [-0.2, -0.15) is 0 Å². The molecule has 4 rings (SSSR count). The van der Waals surface area contributed by atoms with Gasteiger partial charge in [0.1, 0.15) is 18.0 Å². The lowest BCUT2D eigenvalue weighted by molar-refractivity contribution is -0.137. The minimum absolute atomic E-state index is 0.00450. The maximum atomic E-state index is 12.9. The SMILES string of the molecule is CC#CC[C@H](C)C(/C=C/C1C2c3cccc(CCCC(=O)O)c3OC2C[C@H]1O)OC(=O)N1CCCCC1. The monoisotopic (exact) mass is 509 g/mol. The number of hydrogen-bond acceptors (Lipinski definition) is 5.